The van der Waals surface area contributed by atoms with Crippen LogP contribution in [0.1, 0.15) is 42.1 Å². The molecule has 8 nitrogen and oxygen atoms in total. The SMILES string of the molecule is CS(=O)(=O)c1ccc(Nc2nn([C@H]3CCCC[C@@H]3C#N)cc2C(N)=O)cc1F. The molecule has 1 heterocycles. The number of aromatic nitrogens is 2. The summed E-state index contributed by atoms with van der Waals surface area (Å²) in [5.74, 6) is -1.72. The van der Waals surface area contributed by atoms with Gasteiger partial charge in [0.05, 0.1) is 18.0 Å². The average molecular weight is 405 g/mol. The van der Waals surface area contributed by atoms with Gasteiger partial charge in [0.2, 0.25) is 0 Å². The Kier molecular flexibility index (Phi) is 5.38. The summed E-state index contributed by atoms with van der Waals surface area (Å²) in [5.41, 5.74) is 5.77. The zero-order valence-corrected chi connectivity index (χ0v) is 16.0. The molecule has 28 heavy (non-hydrogen) atoms. The van der Waals surface area contributed by atoms with Crippen LogP contribution in [0.25, 0.3) is 0 Å². The van der Waals surface area contributed by atoms with Gasteiger partial charge in [-0.1, -0.05) is 12.8 Å². The molecule has 1 aromatic carbocycles. The van der Waals surface area contributed by atoms with Crippen molar-refractivity contribution in [1.29, 1.82) is 5.26 Å². The van der Waals surface area contributed by atoms with Gasteiger partial charge in [0, 0.05) is 18.1 Å². The second kappa shape index (κ2) is 7.59. The fourth-order valence-electron chi connectivity index (χ4n) is 3.43. The number of anilines is 2. The van der Waals surface area contributed by atoms with E-state index < -0.39 is 26.5 Å². The van der Waals surface area contributed by atoms with Gasteiger partial charge in [0.25, 0.3) is 5.91 Å². The number of benzene rings is 1. The number of sulfone groups is 1. The fraction of sp³-hybridized carbons (Fsp3) is 0.389. The zero-order chi connectivity index (χ0) is 20.5. The maximum absolute atomic E-state index is 14.1. The van der Waals surface area contributed by atoms with Crippen molar-refractivity contribution < 1.29 is 17.6 Å². The number of nitrogens with one attached hydrogen (secondary N) is 1. The Bertz CT molecular complexity index is 1060. The second-order valence-electron chi connectivity index (χ2n) is 6.87. The largest absolute Gasteiger partial charge is 0.365 e. The number of carbonyl (C=O) groups excluding carboxylic acids is 1. The number of carbonyl (C=O) groups is 1. The number of nitriles is 1. The highest BCUT2D eigenvalue weighted by Crippen LogP contribution is 2.34. The van der Waals surface area contributed by atoms with Crippen LogP contribution in [-0.4, -0.2) is 30.4 Å². The highest BCUT2D eigenvalue weighted by Gasteiger charge is 2.29. The standard InChI is InChI=1S/C18H20FN5O3S/c1-28(26,27)16-7-6-12(8-14(16)19)22-18-13(17(21)25)10-24(23-18)15-5-3-2-4-11(15)9-20/h6-8,10-11,15H,2-5H2,1H3,(H2,21,25)(H,22,23)/t11-,15+/m1/s1. The third-order valence-electron chi connectivity index (χ3n) is 4.83. The van der Waals surface area contributed by atoms with Crippen LogP contribution in [0.2, 0.25) is 0 Å². The molecule has 0 spiro atoms. The molecule has 1 aliphatic rings. The monoisotopic (exact) mass is 405 g/mol. The predicted molar refractivity (Wildman–Crippen MR) is 100 cm³/mol. The Hall–Kier alpha value is -2.93. The predicted octanol–water partition coefficient (Wildman–Crippen LogP) is 2.52. The molecule has 0 radical (unpaired) electrons. The maximum atomic E-state index is 14.1. The van der Waals surface area contributed by atoms with Crippen molar-refractivity contribution in [1.82, 2.24) is 9.78 Å². The summed E-state index contributed by atoms with van der Waals surface area (Å²) in [6.45, 7) is 0. The van der Waals surface area contributed by atoms with Crippen molar-refractivity contribution in [3.63, 3.8) is 0 Å². The molecule has 1 aromatic heterocycles. The van der Waals surface area contributed by atoms with Gasteiger partial charge in [-0.3, -0.25) is 9.48 Å². The number of hydrogen-bond donors (Lipinski definition) is 2. The molecule has 10 heteroatoms. The molecule has 1 saturated carbocycles. The maximum Gasteiger partial charge on any atom is 0.254 e. The number of primary amides is 1. The van der Waals surface area contributed by atoms with E-state index in [9.17, 15) is 22.9 Å². The Morgan fingerprint density at radius 2 is 2.11 bits per heavy atom. The van der Waals surface area contributed by atoms with Gasteiger partial charge < -0.3 is 11.1 Å². The minimum atomic E-state index is -3.69. The normalized spacial score (nSPS) is 19.8. The van der Waals surface area contributed by atoms with E-state index in [0.29, 0.717) is 0 Å². The third kappa shape index (κ3) is 3.99. The summed E-state index contributed by atoms with van der Waals surface area (Å²) in [4.78, 5) is 11.4. The van der Waals surface area contributed by atoms with Crippen LogP contribution in [-0.2, 0) is 9.84 Å². The van der Waals surface area contributed by atoms with Crippen LogP contribution >= 0.6 is 0 Å². The molecule has 0 aliphatic heterocycles. The molecule has 1 amide bonds. The molecule has 148 valence electrons. The first-order valence-electron chi connectivity index (χ1n) is 8.76. The molecular formula is C18H20FN5O3S. The summed E-state index contributed by atoms with van der Waals surface area (Å²) in [6.07, 6.45) is 5.85. The lowest BCUT2D eigenvalue weighted by Crippen LogP contribution is -2.22. The van der Waals surface area contributed by atoms with E-state index in [1.807, 2.05) is 0 Å². The lowest BCUT2D eigenvalue weighted by Gasteiger charge is -2.26. The molecule has 0 saturated heterocycles. The van der Waals surface area contributed by atoms with Gasteiger partial charge in [-0.15, -0.1) is 0 Å². The van der Waals surface area contributed by atoms with Crippen molar-refractivity contribution in [3.05, 3.63) is 35.8 Å². The van der Waals surface area contributed by atoms with E-state index in [4.69, 9.17) is 5.73 Å². The van der Waals surface area contributed by atoms with Gasteiger partial charge >= 0.3 is 0 Å². The molecule has 1 fully saturated rings. The van der Waals surface area contributed by atoms with Crippen molar-refractivity contribution in [2.75, 3.05) is 11.6 Å². The van der Waals surface area contributed by atoms with Gasteiger partial charge in [-0.2, -0.15) is 10.4 Å². The van der Waals surface area contributed by atoms with E-state index in [-0.39, 0.29) is 29.0 Å². The van der Waals surface area contributed by atoms with Gasteiger partial charge in [0.1, 0.15) is 16.3 Å². The Morgan fingerprint density at radius 1 is 1.39 bits per heavy atom. The summed E-state index contributed by atoms with van der Waals surface area (Å²) < 4.78 is 38.8. The minimum absolute atomic E-state index is 0.106. The Morgan fingerprint density at radius 3 is 2.71 bits per heavy atom. The zero-order valence-electron chi connectivity index (χ0n) is 15.2. The van der Waals surface area contributed by atoms with Crippen molar-refractivity contribution in [3.8, 4) is 6.07 Å². The first kappa shape index (κ1) is 19.8. The number of halogens is 1. The summed E-state index contributed by atoms with van der Waals surface area (Å²) in [5, 5.41) is 16.6. The Labute approximate surface area is 162 Å². The van der Waals surface area contributed by atoms with Gasteiger partial charge in [-0.25, -0.2) is 12.8 Å². The van der Waals surface area contributed by atoms with Crippen LogP contribution in [0.15, 0.2) is 29.3 Å². The third-order valence-corrected chi connectivity index (χ3v) is 5.96. The smallest absolute Gasteiger partial charge is 0.254 e. The van der Waals surface area contributed by atoms with Crippen molar-refractivity contribution in [2.24, 2.45) is 11.7 Å². The van der Waals surface area contributed by atoms with E-state index in [2.05, 4.69) is 16.5 Å². The van der Waals surface area contributed by atoms with Crippen LogP contribution in [0.4, 0.5) is 15.9 Å². The highest BCUT2D eigenvalue weighted by atomic mass is 32.2. The van der Waals surface area contributed by atoms with Crippen LogP contribution < -0.4 is 11.1 Å². The van der Waals surface area contributed by atoms with Crippen LogP contribution in [0, 0.1) is 23.1 Å². The molecule has 0 unspecified atom stereocenters. The van der Waals surface area contributed by atoms with Gasteiger partial charge in [-0.05, 0) is 31.0 Å². The lowest BCUT2D eigenvalue weighted by molar-refractivity contribution is 0.100. The first-order valence-corrected chi connectivity index (χ1v) is 10.6. The molecule has 2 atom stereocenters. The van der Waals surface area contributed by atoms with Crippen LogP contribution in [0.5, 0.6) is 0 Å². The number of nitrogens with zero attached hydrogens (tertiary/aromatic N) is 3. The highest BCUT2D eigenvalue weighted by molar-refractivity contribution is 7.90. The lowest BCUT2D eigenvalue weighted by atomic mass is 9.85. The summed E-state index contributed by atoms with van der Waals surface area (Å²) in [6, 6.07) is 5.64. The minimum Gasteiger partial charge on any atom is -0.365 e. The van der Waals surface area contributed by atoms with E-state index in [0.717, 1.165) is 44.1 Å². The summed E-state index contributed by atoms with van der Waals surface area (Å²) >= 11 is 0. The number of nitrogens with two attached hydrogens (primary N) is 1. The Balaban J connectivity index is 1.94. The number of amides is 1. The van der Waals surface area contributed by atoms with Crippen LogP contribution in [0.3, 0.4) is 0 Å². The molecule has 3 rings (SSSR count). The first-order chi connectivity index (χ1) is 13.2. The summed E-state index contributed by atoms with van der Waals surface area (Å²) in [7, 11) is -3.69. The topological polar surface area (TPSA) is 131 Å². The fourth-order valence-corrected chi connectivity index (χ4v) is 4.16. The molecule has 0 bridgehead atoms. The van der Waals surface area contributed by atoms with E-state index in [1.54, 1.807) is 4.68 Å². The van der Waals surface area contributed by atoms with Gasteiger partial charge in [0.15, 0.2) is 15.7 Å². The quantitative estimate of drug-likeness (QED) is 0.786. The number of rotatable bonds is 5. The van der Waals surface area contributed by atoms with Crippen molar-refractivity contribution in [2.45, 2.75) is 36.6 Å². The van der Waals surface area contributed by atoms with E-state index >= 15 is 0 Å². The number of hydrogen-bond acceptors (Lipinski definition) is 6. The van der Waals surface area contributed by atoms with E-state index in [1.165, 1.54) is 12.3 Å². The molecule has 1 aliphatic carbocycles. The molecular weight excluding hydrogens is 385 g/mol. The average Bonchev–Trinajstić information content (AvgIpc) is 3.04. The molecule has 3 N–H and O–H groups in total. The molecule has 2 aromatic rings. The van der Waals surface area contributed by atoms with Crippen molar-refractivity contribution >= 4 is 27.2 Å². The second-order valence-corrected chi connectivity index (χ2v) is 8.85.